The highest BCUT2D eigenvalue weighted by atomic mass is 79.9. The van der Waals surface area contributed by atoms with Gasteiger partial charge < -0.3 is 5.32 Å². The maximum Gasteiger partial charge on any atom is 0.275 e. The molecule has 0 atom stereocenters. The average molecular weight is 371 g/mol. The maximum atomic E-state index is 12.0. The third kappa shape index (κ3) is 2.94. The van der Waals surface area contributed by atoms with Gasteiger partial charge in [0, 0.05) is 10.7 Å². The van der Waals surface area contributed by atoms with Crippen molar-refractivity contribution in [2.24, 2.45) is 0 Å². The van der Waals surface area contributed by atoms with Gasteiger partial charge in [-0.1, -0.05) is 0 Å². The second-order valence-electron chi connectivity index (χ2n) is 3.55. The topological polar surface area (TPSA) is 54.9 Å². The Hall–Kier alpha value is -1.27. The lowest BCUT2D eigenvalue weighted by atomic mass is 10.3. The van der Waals surface area contributed by atoms with Gasteiger partial charge in [-0.25, -0.2) is 9.97 Å². The second kappa shape index (κ2) is 5.58. The molecule has 0 saturated heterocycles. The van der Waals surface area contributed by atoms with E-state index >= 15 is 0 Å². The van der Waals surface area contributed by atoms with Gasteiger partial charge in [-0.05, 0) is 63.0 Å². The van der Waals surface area contributed by atoms with Crippen molar-refractivity contribution in [3.05, 3.63) is 50.9 Å². The molecule has 2 aromatic rings. The fourth-order valence-corrected chi connectivity index (χ4v) is 2.23. The minimum Gasteiger partial charge on any atom is -0.319 e. The predicted molar refractivity (Wildman–Crippen MR) is 76.6 cm³/mol. The van der Waals surface area contributed by atoms with E-state index in [4.69, 9.17) is 0 Å². The van der Waals surface area contributed by atoms with Gasteiger partial charge in [0.25, 0.3) is 5.91 Å². The molecule has 2 heterocycles. The lowest BCUT2D eigenvalue weighted by molar-refractivity contribution is 0.102. The van der Waals surface area contributed by atoms with Gasteiger partial charge in [-0.2, -0.15) is 0 Å². The summed E-state index contributed by atoms with van der Waals surface area (Å²) in [6.45, 7) is 1.83. The molecule has 0 spiro atoms. The predicted octanol–water partition coefficient (Wildman–Crippen LogP) is 3.56. The van der Waals surface area contributed by atoms with Crippen molar-refractivity contribution in [1.29, 1.82) is 0 Å². The Kier molecular flexibility index (Phi) is 4.08. The zero-order chi connectivity index (χ0) is 13.1. The minimum atomic E-state index is -0.269. The van der Waals surface area contributed by atoms with E-state index < -0.39 is 0 Å². The average Bonchev–Trinajstić information content (AvgIpc) is 2.33. The van der Waals surface area contributed by atoms with Crippen LogP contribution in [0.4, 0.5) is 5.69 Å². The summed E-state index contributed by atoms with van der Waals surface area (Å²) in [6.07, 6.45) is 1.58. The SMILES string of the molecule is Cc1nc(Br)ccc1NC(=O)c1ncccc1Br. The van der Waals surface area contributed by atoms with E-state index in [1.165, 1.54) is 0 Å². The Labute approximate surface area is 121 Å². The molecule has 2 rings (SSSR count). The molecule has 92 valence electrons. The van der Waals surface area contributed by atoms with Gasteiger partial charge in [0.05, 0.1) is 11.4 Å². The first-order valence-electron chi connectivity index (χ1n) is 5.13. The normalized spacial score (nSPS) is 10.2. The Morgan fingerprint density at radius 3 is 2.72 bits per heavy atom. The second-order valence-corrected chi connectivity index (χ2v) is 5.22. The molecular weight excluding hydrogens is 362 g/mol. The monoisotopic (exact) mass is 369 g/mol. The number of halogens is 2. The molecule has 0 fully saturated rings. The molecule has 0 aliphatic carbocycles. The van der Waals surface area contributed by atoms with E-state index in [9.17, 15) is 4.79 Å². The van der Waals surface area contributed by atoms with Crippen molar-refractivity contribution in [2.75, 3.05) is 5.32 Å². The Bertz CT molecular complexity index is 602. The van der Waals surface area contributed by atoms with Crippen LogP contribution in [0.2, 0.25) is 0 Å². The Morgan fingerprint density at radius 1 is 1.28 bits per heavy atom. The minimum absolute atomic E-state index is 0.269. The Morgan fingerprint density at radius 2 is 2.06 bits per heavy atom. The van der Waals surface area contributed by atoms with Crippen LogP contribution in [0.5, 0.6) is 0 Å². The van der Waals surface area contributed by atoms with Gasteiger partial charge >= 0.3 is 0 Å². The summed E-state index contributed by atoms with van der Waals surface area (Å²) in [4.78, 5) is 20.3. The first-order chi connectivity index (χ1) is 8.58. The van der Waals surface area contributed by atoms with Crippen molar-refractivity contribution in [1.82, 2.24) is 9.97 Å². The summed E-state index contributed by atoms with van der Waals surface area (Å²) < 4.78 is 1.39. The number of carbonyl (C=O) groups is 1. The highest BCUT2D eigenvalue weighted by Crippen LogP contribution is 2.19. The van der Waals surface area contributed by atoms with Crippen molar-refractivity contribution in [3.63, 3.8) is 0 Å². The third-order valence-electron chi connectivity index (χ3n) is 2.27. The van der Waals surface area contributed by atoms with Crippen LogP contribution in [0.1, 0.15) is 16.2 Å². The quantitative estimate of drug-likeness (QED) is 0.822. The number of aromatic nitrogens is 2. The number of carbonyl (C=O) groups excluding carboxylic acids is 1. The fourth-order valence-electron chi connectivity index (χ4n) is 1.40. The van der Waals surface area contributed by atoms with Crippen LogP contribution in [-0.2, 0) is 0 Å². The molecule has 0 aliphatic rings. The number of amides is 1. The van der Waals surface area contributed by atoms with Gasteiger partial charge in [-0.15, -0.1) is 0 Å². The summed E-state index contributed by atoms with van der Waals surface area (Å²) in [5.41, 5.74) is 1.75. The number of anilines is 1. The maximum absolute atomic E-state index is 12.0. The number of rotatable bonds is 2. The van der Waals surface area contributed by atoms with Crippen LogP contribution in [0, 0.1) is 6.92 Å². The summed E-state index contributed by atoms with van der Waals surface area (Å²) in [7, 11) is 0. The van der Waals surface area contributed by atoms with E-state index in [1.807, 2.05) is 6.92 Å². The molecule has 1 amide bonds. The molecule has 0 unspecified atom stereocenters. The molecule has 0 radical (unpaired) electrons. The molecule has 18 heavy (non-hydrogen) atoms. The number of hydrogen-bond donors (Lipinski definition) is 1. The van der Waals surface area contributed by atoms with Crippen LogP contribution in [0.3, 0.4) is 0 Å². The highest BCUT2D eigenvalue weighted by Gasteiger charge is 2.12. The Balaban J connectivity index is 2.24. The first-order valence-corrected chi connectivity index (χ1v) is 6.71. The molecular formula is C12H9Br2N3O. The van der Waals surface area contributed by atoms with Crippen LogP contribution in [-0.4, -0.2) is 15.9 Å². The summed E-state index contributed by atoms with van der Waals surface area (Å²) in [5.74, 6) is -0.269. The molecule has 0 bridgehead atoms. The van der Waals surface area contributed by atoms with E-state index in [0.29, 0.717) is 15.9 Å². The zero-order valence-electron chi connectivity index (χ0n) is 9.45. The number of pyridine rings is 2. The lowest BCUT2D eigenvalue weighted by Crippen LogP contribution is -2.15. The summed E-state index contributed by atoms with van der Waals surface area (Å²) >= 11 is 6.57. The number of aryl methyl sites for hydroxylation is 1. The van der Waals surface area contributed by atoms with Crippen molar-refractivity contribution >= 4 is 43.5 Å². The molecule has 0 aliphatic heterocycles. The smallest absolute Gasteiger partial charge is 0.275 e. The van der Waals surface area contributed by atoms with Gasteiger partial charge in [0.1, 0.15) is 10.3 Å². The summed E-state index contributed by atoms with van der Waals surface area (Å²) in [6, 6.07) is 7.10. The van der Waals surface area contributed by atoms with Crippen LogP contribution >= 0.6 is 31.9 Å². The number of nitrogens with one attached hydrogen (secondary N) is 1. The highest BCUT2D eigenvalue weighted by molar-refractivity contribution is 9.10. The molecule has 2 aromatic heterocycles. The van der Waals surface area contributed by atoms with Crippen molar-refractivity contribution in [2.45, 2.75) is 6.92 Å². The molecule has 0 aromatic carbocycles. The van der Waals surface area contributed by atoms with Gasteiger partial charge in [0.2, 0.25) is 0 Å². The standard InChI is InChI=1S/C12H9Br2N3O/c1-7-9(4-5-10(14)16-7)17-12(18)11-8(13)3-2-6-15-11/h2-6H,1H3,(H,17,18). The van der Waals surface area contributed by atoms with Crippen molar-refractivity contribution < 1.29 is 4.79 Å². The number of nitrogens with zero attached hydrogens (tertiary/aromatic N) is 2. The van der Waals surface area contributed by atoms with E-state index in [-0.39, 0.29) is 5.91 Å². The van der Waals surface area contributed by atoms with E-state index in [2.05, 4.69) is 47.1 Å². The largest absolute Gasteiger partial charge is 0.319 e. The molecule has 4 nitrogen and oxygen atoms in total. The molecule has 1 N–H and O–H groups in total. The third-order valence-corrected chi connectivity index (χ3v) is 3.36. The lowest BCUT2D eigenvalue weighted by Gasteiger charge is -2.08. The first kappa shape index (κ1) is 13.2. The number of hydrogen-bond acceptors (Lipinski definition) is 3. The van der Waals surface area contributed by atoms with Crippen LogP contribution in [0.15, 0.2) is 39.5 Å². The zero-order valence-corrected chi connectivity index (χ0v) is 12.6. The van der Waals surface area contributed by atoms with Crippen LogP contribution < -0.4 is 5.32 Å². The molecule has 6 heteroatoms. The van der Waals surface area contributed by atoms with E-state index in [0.717, 1.165) is 10.3 Å². The van der Waals surface area contributed by atoms with E-state index in [1.54, 1.807) is 30.5 Å². The fraction of sp³-hybridized carbons (Fsp3) is 0.0833. The molecule has 0 saturated carbocycles. The van der Waals surface area contributed by atoms with Crippen LogP contribution in [0.25, 0.3) is 0 Å². The van der Waals surface area contributed by atoms with Gasteiger partial charge in [0.15, 0.2) is 0 Å². The van der Waals surface area contributed by atoms with Gasteiger partial charge in [-0.3, -0.25) is 4.79 Å². The summed E-state index contributed by atoms with van der Waals surface area (Å²) in [5, 5.41) is 2.78. The van der Waals surface area contributed by atoms with Crippen molar-refractivity contribution in [3.8, 4) is 0 Å².